The molecule has 8 heteroatoms. The zero-order chi connectivity index (χ0) is 20.1. The zero-order valence-electron chi connectivity index (χ0n) is 15.4. The molecule has 2 N–H and O–H groups in total. The van der Waals surface area contributed by atoms with Crippen molar-refractivity contribution < 1.29 is 19.1 Å². The number of nitrogens with zero attached hydrogens (tertiary/aromatic N) is 3. The van der Waals surface area contributed by atoms with E-state index in [4.69, 9.17) is 5.11 Å². The number of aromatic nitrogens is 2. The summed E-state index contributed by atoms with van der Waals surface area (Å²) in [5, 5.41) is 11.7. The van der Waals surface area contributed by atoms with Crippen molar-refractivity contribution >= 4 is 23.0 Å². The maximum atomic E-state index is 13.3. The van der Waals surface area contributed by atoms with Gasteiger partial charge in [0, 0.05) is 20.1 Å². The lowest BCUT2D eigenvalue weighted by Crippen LogP contribution is -2.41. The van der Waals surface area contributed by atoms with Crippen LogP contribution in [0.2, 0.25) is 0 Å². The summed E-state index contributed by atoms with van der Waals surface area (Å²) in [5.41, 5.74) is 2.49. The minimum absolute atomic E-state index is 0.0886. The summed E-state index contributed by atoms with van der Waals surface area (Å²) >= 11 is 0. The highest BCUT2D eigenvalue weighted by molar-refractivity contribution is 5.76. The van der Waals surface area contributed by atoms with Gasteiger partial charge in [0.2, 0.25) is 0 Å². The first-order valence-electron chi connectivity index (χ1n) is 8.83. The van der Waals surface area contributed by atoms with Crippen LogP contribution in [0.4, 0.5) is 9.18 Å². The average molecular weight is 384 g/mol. The Morgan fingerprint density at radius 2 is 1.93 bits per heavy atom. The number of amides is 2. The predicted molar refractivity (Wildman–Crippen MR) is 102 cm³/mol. The largest absolute Gasteiger partial charge is 0.481 e. The van der Waals surface area contributed by atoms with Gasteiger partial charge in [-0.05, 0) is 29.8 Å². The van der Waals surface area contributed by atoms with Crippen LogP contribution in [0.25, 0.3) is 11.0 Å². The molecule has 3 rings (SSSR count). The van der Waals surface area contributed by atoms with Crippen LogP contribution in [-0.2, 0) is 11.3 Å². The maximum absolute atomic E-state index is 13.3. The summed E-state index contributed by atoms with van der Waals surface area (Å²) in [6.45, 7) is 0.482. The number of para-hydroxylation sites is 2. The van der Waals surface area contributed by atoms with Gasteiger partial charge in [-0.25, -0.2) is 14.2 Å². The zero-order valence-corrected chi connectivity index (χ0v) is 15.4. The number of hydrogen-bond acceptors (Lipinski definition) is 3. The Bertz CT molecular complexity index is 971. The lowest BCUT2D eigenvalue weighted by Gasteiger charge is -2.24. The van der Waals surface area contributed by atoms with E-state index in [1.165, 1.54) is 24.1 Å². The molecule has 0 aliphatic carbocycles. The molecule has 146 valence electrons. The smallest absolute Gasteiger partial charge is 0.317 e. The summed E-state index contributed by atoms with van der Waals surface area (Å²) in [4.78, 5) is 28.9. The molecule has 0 aliphatic heterocycles. The monoisotopic (exact) mass is 384 g/mol. The molecule has 0 radical (unpaired) electrons. The van der Waals surface area contributed by atoms with E-state index in [0.717, 1.165) is 16.6 Å². The van der Waals surface area contributed by atoms with Gasteiger partial charge in [0.1, 0.15) is 5.82 Å². The fourth-order valence-electron chi connectivity index (χ4n) is 2.91. The summed E-state index contributed by atoms with van der Waals surface area (Å²) < 4.78 is 15.3. The quantitative estimate of drug-likeness (QED) is 0.655. The molecule has 0 bridgehead atoms. The summed E-state index contributed by atoms with van der Waals surface area (Å²) in [5.74, 6) is -1.33. The van der Waals surface area contributed by atoms with E-state index in [0.29, 0.717) is 6.54 Å². The summed E-state index contributed by atoms with van der Waals surface area (Å²) in [6, 6.07) is 12.7. The number of benzene rings is 2. The molecule has 0 spiro atoms. The number of nitrogens with one attached hydrogen (secondary N) is 1. The molecular weight excluding hydrogens is 363 g/mol. The molecule has 1 atom stereocenters. The number of carboxylic acids is 1. The number of urea groups is 1. The van der Waals surface area contributed by atoms with Crippen LogP contribution in [0.15, 0.2) is 54.9 Å². The van der Waals surface area contributed by atoms with Crippen molar-refractivity contribution in [2.75, 3.05) is 13.6 Å². The lowest BCUT2D eigenvalue weighted by atomic mass is 10.1. The number of hydrogen-bond donors (Lipinski definition) is 2. The first-order valence-corrected chi connectivity index (χ1v) is 8.83. The molecule has 28 heavy (non-hydrogen) atoms. The number of carboxylic acid groups (broad SMARTS) is 1. The van der Waals surface area contributed by atoms with Crippen molar-refractivity contribution in [3.8, 4) is 0 Å². The van der Waals surface area contributed by atoms with Crippen LogP contribution in [0.1, 0.15) is 18.0 Å². The third-order valence-corrected chi connectivity index (χ3v) is 4.48. The van der Waals surface area contributed by atoms with Crippen LogP contribution < -0.4 is 5.32 Å². The number of fused-ring (bicyclic) bond motifs is 1. The van der Waals surface area contributed by atoms with Crippen molar-refractivity contribution in [1.82, 2.24) is 19.8 Å². The van der Waals surface area contributed by atoms with Gasteiger partial charge in [0.05, 0.1) is 29.8 Å². The molecule has 3 aromatic rings. The van der Waals surface area contributed by atoms with Gasteiger partial charge < -0.3 is 19.9 Å². The molecular formula is C20H21FN4O3. The Morgan fingerprint density at radius 3 is 2.64 bits per heavy atom. The molecule has 0 aliphatic rings. The maximum Gasteiger partial charge on any atom is 0.317 e. The van der Waals surface area contributed by atoms with Gasteiger partial charge in [-0.2, -0.15) is 0 Å². The minimum Gasteiger partial charge on any atom is -0.481 e. The van der Waals surface area contributed by atoms with Crippen molar-refractivity contribution in [3.05, 3.63) is 66.2 Å². The third kappa shape index (κ3) is 4.64. The second-order valence-electron chi connectivity index (χ2n) is 6.50. The summed E-state index contributed by atoms with van der Waals surface area (Å²) in [6.07, 6.45) is 1.55. The predicted octanol–water partition coefficient (Wildman–Crippen LogP) is 3.03. The third-order valence-electron chi connectivity index (χ3n) is 4.48. The molecule has 1 aromatic heterocycles. The highest BCUT2D eigenvalue weighted by Gasteiger charge is 2.19. The molecule has 0 fully saturated rings. The molecule has 2 aromatic carbocycles. The number of halogens is 1. The van der Waals surface area contributed by atoms with E-state index in [-0.39, 0.29) is 18.8 Å². The average Bonchev–Trinajstić information content (AvgIpc) is 3.09. The topological polar surface area (TPSA) is 87.5 Å². The Morgan fingerprint density at radius 1 is 1.21 bits per heavy atom. The first-order chi connectivity index (χ1) is 13.4. The van der Waals surface area contributed by atoms with Crippen molar-refractivity contribution in [1.29, 1.82) is 0 Å². The standard InChI is InChI=1S/C20H21FN4O3/c1-24(11-10-19(26)27)20(28)23-17(14-6-8-15(21)9-7-14)12-25-13-22-16-4-2-3-5-18(16)25/h2-9,13,17H,10-12H2,1H3,(H,23,28)(H,26,27). The highest BCUT2D eigenvalue weighted by Crippen LogP contribution is 2.20. The van der Waals surface area contributed by atoms with Gasteiger partial charge in [0.15, 0.2) is 0 Å². The van der Waals surface area contributed by atoms with Crippen LogP contribution in [0.5, 0.6) is 0 Å². The number of aliphatic carboxylic acids is 1. The van der Waals surface area contributed by atoms with E-state index < -0.39 is 18.0 Å². The lowest BCUT2D eigenvalue weighted by molar-refractivity contribution is -0.137. The van der Waals surface area contributed by atoms with Gasteiger partial charge in [-0.15, -0.1) is 0 Å². The van der Waals surface area contributed by atoms with Crippen LogP contribution in [-0.4, -0.2) is 45.2 Å². The number of rotatable bonds is 7. The number of imidazole rings is 1. The van der Waals surface area contributed by atoms with E-state index in [1.54, 1.807) is 18.5 Å². The van der Waals surface area contributed by atoms with Gasteiger partial charge in [0.25, 0.3) is 0 Å². The SMILES string of the molecule is CN(CCC(=O)O)C(=O)NC(Cn1cnc2ccccc21)c1ccc(F)cc1. The normalized spacial score (nSPS) is 11.9. The van der Waals surface area contributed by atoms with E-state index in [2.05, 4.69) is 10.3 Å². The fraction of sp³-hybridized carbons (Fsp3) is 0.250. The van der Waals surface area contributed by atoms with Gasteiger partial charge in [-0.3, -0.25) is 4.79 Å². The molecule has 1 heterocycles. The minimum atomic E-state index is -0.973. The Labute approximate surface area is 161 Å². The summed E-state index contributed by atoms with van der Waals surface area (Å²) in [7, 11) is 1.53. The second kappa shape index (κ2) is 8.51. The Kier molecular flexibility index (Phi) is 5.88. The van der Waals surface area contributed by atoms with E-state index in [9.17, 15) is 14.0 Å². The van der Waals surface area contributed by atoms with Gasteiger partial charge >= 0.3 is 12.0 Å². The first kappa shape index (κ1) is 19.3. The number of carbonyl (C=O) groups excluding carboxylic acids is 1. The van der Waals surface area contributed by atoms with Crippen molar-refractivity contribution in [2.45, 2.75) is 19.0 Å². The van der Waals surface area contributed by atoms with Gasteiger partial charge in [-0.1, -0.05) is 24.3 Å². The molecule has 0 saturated heterocycles. The fourth-order valence-corrected chi connectivity index (χ4v) is 2.91. The van der Waals surface area contributed by atoms with E-state index in [1.807, 2.05) is 28.8 Å². The Hall–Kier alpha value is -3.42. The Balaban J connectivity index is 1.82. The molecule has 7 nitrogen and oxygen atoms in total. The van der Waals surface area contributed by atoms with Crippen LogP contribution in [0.3, 0.4) is 0 Å². The van der Waals surface area contributed by atoms with Crippen molar-refractivity contribution in [3.63, 3.8) is 0 Å². The van der Waals surface area contributed by atoms with Crippen molar-refractivity contribution in [2.24, 2.45) is 0 Å². The number of carbonyl (C=O) groups is 2. The van der Waals surface area contributed by atoms with Crippen LogP contribution >= 0.6 is 0 Å². The second-order valence-corrected chi connectivity index (χ2v) is 6.50. The highest BCUT2D eigenvalue weighted by atomic mass is 19.1. The molecule has 0 saturated carbocycles. The van der Waals surface area contributed by atoms with Crippen LogP contribution in [0, 0.1) is 5.82 Å². The molecule has 2 amide bonds. The molecule has 1 unspecified atom stereocenters. The van der Waals surface area contributed by atoms with E-state index >= 15 is 0 Å².